The zero-order valence-corrected chi connectivity index (χ0v) is 15.9. The Hall–Kier alpha value is -3.18. The highest BCUT2D eigenvalue weighted by atomic mass is 17.1. The number of hydrogen-bond acceptors (Lipinski definition) is 8. The van der Waals surface area contributed by atoms with Crippen molar-refractivity contribution in [1.29, 1.82) is 0 Å². The number of carbonyl (C=O) groups is 2. The van der Waals surface area contributed by atoms with Crippen LogP contribution in [-0.2, 0) is 9.62 Å². The van der Waals surface area contributed by atoms with Crippen molar-refractivity contribution in [2.75, 3.05) is 31.3 Å². The minimum absolute atomic E-state index is 0.00850. The standard InChI is InChI=1S/2C7H7NO2.C5H12O4/c2*8-6-3-1-5(2-4-6)7(9)10;1-5(4-6)8-2-3-9-7/h2*1-4H,8H2,(H,9,10);5-7H,2-4H2,1H3. The van der Waals surface area contributed by atoms with Crippen molar-refractivity contribution >= 4 is 23.3 Å². The maximum absolute atomic E-state index is 10.3. The van der Waals surface area contributed by atoms with Gasteiger partial charge in [0.05, 0.1) is 30.4 Å². The highest BCUT2D eigenvalue weighted by Gasteiger charge is 1.99. The average molecular weight is 410 g/mol. The first-order chi connectivity index (χ1) is 13.7. The van der Waals surface area contributed by atoms with Gasteiger partial charge in [-0.05, 0) is 55.5 Å². The Bertz CT molecular complexity index is 664. The molecule has 0 heterocycles. The molecule has 1 unspecified atom stereocenters. The number of nitrogen functional groups attached to an aromatic ring is 2. The minimum Gasteiger partial charge on any atom is -0.478 e. The Morgan fingerprint density at radius 1 is 0.862 bits per heavy atom. The highest BCUT2D eigenvalue weighted by molar-refractivity contribution is 5.88. The number of aromatic carboxylic acids is 2. The quantitative estimate of drug-likeness (QED) is 0.170. The van der Waals surface area contributed by atoms with Gasteiger partial charge in [0.15, 0.2) is 0 Å². The number of carboxylic acids is 2. The highest BCUT2D eigenvalue weighted by Crippen LogP contribution is 2.05. The SMILES string of the molecule is CC(CO)OCCOO.Nc1ccc(C(=O)O)cc1.Nc1ccc(C(=O)O)cc1. The topological polar surface area (TPSA) is 186 Å². The summed E-state index contributed by atoms with van der Waals surface area (Å²) in [6.07, 6.45) is -0.180. The van der Waals surface area contributed by atoms with E-state index in [2.05, 4.69) is 4.89 Å². The van der Waals surface area contributed by atoms with Gasteiger partial charge in [-0.25, -0.2) is 14.5 Å². The van der Waals surface area contributed by atoms with Crippen LogP contribution in [0.15, 0.2) is 48.5 Å². The van der Waals surface area contributed by atoms with E-state index in [1.165, 1.54) is 24.3 Å². The van der Waals surface area contributed by atoms with Crippen molar-refractivity contribution in [2.24, 2.45) is 0 Å². The van der Waals surface area contributed by atoms with E-state index in [1.807, 2.05) is 0 Å². The summed E-state index contributed by atoms with van der Waals surface area (Å²) in [7, 11) is 0. The second-order valence-electron chi connectivity index (χ2n) is 5.55. The summed E-state index contributed by atoms with van der Waals surface area (Å²) >= 11 is 0. The molecular formula is C19H26N2O8. The number of rotatable bonds is 7. The fourth-order valence-corrected chi connectivity index (χ4v) is 1.59. The summed E-state index contributed by atoms with van der Waals surface area (Å²) in [5.74, 6) is -1.86. The molecule has 2 aromatic carbocycles. The van der Waals surface area contributed by atoms with E-state index in [4.69, 9.17) is 36.8 Å². The van der Waals surface area contributed by atoms with Crippen LogP contribution in [0.2, 0.25) is 0 Å². The Morgan fingerprint density at radius 3 is 1.52 bits per heavy atom. The lowest BCUT2D eigenvalue weighted by molar-refractivity contribution is -0.251. The molecule has 8 N–H and O–H groups in total. The van der Waals surface area contributed by atoms with Gasteiger partial charge in [-0.1, -0.05) is 0 Å². The van der Waals surface area contributed by atoms with E-state index in [1.54, 1.807) is 31.2 Å². The number of aliphatic hydroxyl groups is 1. The number of benzene rings is 2. The average Bonchev–Trinajstić information content (AvgIpc) is 2.69. The van der Waals surface area contributed by atoms with Crippen molar-refractivity contribution in [3.05, 3.63) is 59.7 Å². The molecule has 0 aliphatic heterocycles. The van der Waals surface area contributed by atoms with Crippen molar-refractivity contribution in [3.8, 4) is 0 Å². The van der Waals surface area contributed by atoms with Crippen LogP contribution in [0.25, 0.3) is 0 Å². The second kappa shape index (κ2) is 14.8. The molecule has 29 heavy (non-hydrogen) atoms. The zero-order valence-electron chi connectivity index (χ0n) is 15.9. The van der Waals surface area contributed by atoms with Crippen LogP contribution in [0.4, 0.5) is 11.4 Å². The molecule has 160 valence electrons. The van der Waals surface area contributed by atoms with E-state index < -0.39 is 11.9 Å². The van der Waals surface area contributed by atoms with Gasteiger partial charge in [0.2, 0.25) is 0 Å². The molecule has 0 aliphatic rings. The van der Waals surface area contributed by atoms with E-state index >= 15 is 0 Å². The molecular weight excluding hydrogens is 384 g/mol. The largest absolute Gasteiger partial charge is 0.478 e. The summed E-state index contributed by atoms with van der Waals surface area (Å²) in [5, 5.41) is 33.1. The molecule has 0 saturated heterocycles. The van der Waals surface area contributed by atoms with Crippen LogP contribution in [-0.4, -0.2) is 58.4 Å². The number of ether oxygens (including phenoxy) is 1. The monoisotopic (exact) mass is 410 g/mol. The summed E-state index contributed by atoms with van der Waals surface area (Å²) in [6.45, 7) is 2.17. The minimum atomic E-state index is -0.931. The molecule has 0 bridgehead atoms. The maximum Gasteiger partial charge on any atom is 0.335 e. The molecule has 0 aliphatic carbocycles. The van der Waals surface area contributed by atoms with Crippen molar-refractivity contribution in [3.63, 3.8) is 0 Å². The molecule has 2 rings (SSSR count). The van der Waals surface area contributed by atoms with E-state index in [0.29, 0.717) is 18.0 Å². The van der Waals surface area contributed by atoms with Crippen LogP contribution in [0, 0.1) is 0 Å². The van der Waals surface area contributed by atoms with Gasteiger partial charge in [-0.3, -0.25) is 5.26 Å². The Labute approximate surface area is 167 Å². The molecule has 1 atom stereocenters. The van der Waals surface area contributed by atoms with Crippen molar-refractivity contribution < 1.29 is 39.8 Å². The number of anilines is 2. The maximum atomic E-state index is 10.3. The van der Waals surface area contributed by atoms with Crippen LogP contribution >= 0.6 is 0 Å². The Balaban J connectivity index is 0.000000407. The van der Waals surface area contributed by atoms with Gasteiger partial charge in [0.25, 0.3) is 0 Å². The van der Waals surface area contributed by atoms with Gasteiger partial charge >= 0.3 is 11.9 Å². The third kappa shape index (κ3) is 12.8. The number of carboxylic acid groups (broad SMARTS) is 2. The first kappa shape index (κ1) is 25.8. The normalized spacial score (nSPS) is 10.6. The number of hydrogen-bond donors (Lipinski definition) is 6. The number of aliphatic hydroxyl groups excluding tert-OH is 1. The zero-order chi connectivity index (χ0) is 22.2. The molecule has 0 spiro atoms. The van der Waals surface area contributed by atoms with Crippen molar-refractivity contribution in [2.45, 2.75) is 13.0 Å². The lowest BCUT2D eigenvalue weighted by Crippen LogP contribution is -2.15. The van der Waals surface area contributed by atoms with Gasteiger partial charge in [-0.15, -0.1) is 0 Å². The summed E-state index contributed by atoms with van der Waals surface area (Å²) < 4.78 is 4.90. The fourth-order valence-electron chi connectivity index (χ4n) is 1.59. The first-order valence-electron chi connectivity index (χ1n) is 8.37. The molecule has 0 saturated carbocycles. The van der Waals surface area contributed by atoms with Crippen LogP contribution in [0.1, 0.15) is 27.6 Å². The Kier molecular flexibility index (Phi) is 13.2. The van der Waals surface area contributed by atoms with Crippen LogP contribution < -0.4 is 11.5 Å². The first-order valence-corrected chi connectivity index (χ1v) is 8.37. The molecule has 10 nitrogen and oxygen atoms in total. The van der Waals surface area contributed by atoms with Crippen molar-refractivity contribution in [1.82, 2.24) is 0 Å². The molecule has 10 heteroatoms. The van der Waals surface area contributed by atoms with E-state index in [-0.39, 0.29) is 30.4 Å². The molecule has 2 aromatic rings. The Morgan fingerprint density at radius 2 is 1.24 bits per heavy atom. The molecule has 0 fully saturated rings. The van der Waals surface area contributed by atoms with Gasteiger partial charge in [0.1, 0.15) is 6.61 Å². The number of nitrogens with two attached hydrogens (primary N) is 2. The molecule has 0 aromatic heterocycles. The fraction of sp³-hybridized carbons (Fsp3) is 0.263. The van der Waals surface area contributed by atoms with E-state index in [9.17, 15) is 9.59 Å². The van der Waals surface area contributed by atoms with Gasteiger partial charge < -0.3 is 31.5 Å². The summed E-state index contributed by atoms with van der Waals surface area (Å²) in [4.78, 5) is 24.3. The molecule has 0 radical (unpaired) electrons. The van der Waals surface area contributed by atoms with Gasteiger partial charge in [0, 0.05) is 11.4 Å². The predicted molar refractivity (Wildman–Crippen MR) is 107 cm³/mol. The molecule has 0 amide bonds. The van der Waals surface area contributed by atoms with Crippen LogP contribution in [0.5, 0.6) is 0 Å². The lowest BCUT2D eigenvalue weighted by atomic mass is 10.2. The smallest absolute Gasteiger partial charge is 0.335 e. The lowest BCUT2D eigenvalue weighted by Gasteiger charge is -2.07. The predicted octanol–water partition coefficient (Wildman–Crippen LogP) is 1.81. The third-order valence-electron chi connectivity index (χ3n) is 3.15. The summed E-state index contributed by atoms with van der Waals surface area (Å²) in [5.41, 5.74) is 12.3. The van der Waals surface area contributed by atoms with Crippen LogP contribution in [0.3, 0.4) is 0 Å². The second-order valence-corrected chi connectivity index (χ2v) is 5.55. The third-order valence-corrected chi connectivity index (χ3v) is 3.15. The van der Waals surface area contributed by atoms with E-state index in [0.717, 1.165) is 0 Å². The van der Waals surface area contributed by atoms with Gasteiger partial charge in [-0.2, -0.15) is 0 Å². The summed E-state index contributed by atoms with van der Waals surface area (Å²) in [6, 6.07) is 12.1.